The standard InChI is InChI=1S/C14H24N2O/c1-9(2)11(4)16(5)12-6-7-13(10(3)15)14(17)8-12/h6-11,17H,15H2,1-5H3. The summed E-state index contributed by atoms with van der Waals surface area (Å²) in [5, 5.41) is 9.92. The molecule has 1 aromatic carbocycles. The number of benzene rings is 1. The molecule has 0 radical (unpaired) electrons. The molecular formula is C14H24N2O. The lowest BCUT2D eigenvalue weighted by Gasteiger charge is -2.30. The number of nitrogens with zero attached hydrogens (tertiary/aromatic N) is 1. The molecule has 1 aromatic rings. The molecule has 0 saturated heterocycles. The molecule has 3 heteroatoms. The number of anilines is 1. The fourth-order valence-corrected chi connectivity index (χ4v) is 1.82. The molecule has 2 unspecified atom stereocenters. The Bertz CT molecular complexity index is 374. The maximum atomic E-state index is 9.92. The zero-order chi connectivity index (χ0) is 13.2. The van der Waals surface area contributed by atoms with Crippen molar-refractivity contribution in [1.29, 1.82) is 0 Å². The molecule has 0 aliphatic heterocycles. The zero-order valence-corrected chi connectivity index (χ0v) is 11.4. The summed E-state index contributed by atoms with van der Waals surface area (Å²) < 4.78 is 0. The fraction of sp³-hybridized carbons (Fsp3) is 0.571. The van der Waals surface area contributed by atoms with Crippen LogP contribution in [-0.2, 0) is 0 Å². The van der Waals surface area contributed by atoms with Gasteiger partial charge in [0.05, 0.1) is 0 Å². The van der Waals surface area contributed by atoms with Crippen molar-refractivity contribution in [2.45, 2.75) is 39.8 Å². The minimum Gasteiger partial charge on any atom is -0.508 e. The molecule has 0 aliphatic carbocycles. The van der Waals surface area contributed by atoms with E-state index in [-0.39, 0.29) is 11.8 Å². The lowest BCUT2D eigenvalue weighted by molar-refractivity contribution is 0.462. The molecule has 1 rings (SSSR count). The van der Waals surface area contributed by atoms with E-state index in [9.17, 15) is 5.11 Å². The summed E-state index contributed by atoms with van der Waals surface area (Å²) in [6.07, 6.45) is 0. The highest BCUT2D eigenvalue weighted by Gasteiger charge is 2.15. The predicted molar refractivity (Wildman–Crippen MR) is 73.4 cm³/mol. The van der Waals surface area contributed by atoms with Gasteiger partial charge in [0.2, 0.25) is 0 Å². The average Bonchev–Trinajstić information content (AvgIpc) is 2.26. The van der Waals surface area contributed by atoms with Crippen LogP contribution in [0.3, 0.4) is 0 Å². The highest BCUT2D eigenvalue weighted by Crippen LogP contribution is 2.29. The zero-order valence-electron chi connectivity index (χ0n) is 11.4. The Kier molecular flexibility index (Phi) is 4.40. The van der Waals surface area contributed by atoms with Gasteiger partial charge in [0.25, 0.3) is 0 Å². The molecule has 3 N–H and O–H groups in total. The van der Waals surface area contributed by atoms with Crippen molar-refractivity contribution in [3.05, 3.63) is 23.8 Å². The van der Waals surface area contributed by atoms with E-state index in [0.29, 0.717) is 12.0 Å². The van der Waals surface area contributed by atoms with Crippen molar-refractivity contribution in [3.8, 4) is 5.75 Å². The molecule has 0 bridgehead atoms. The predicted octanol–water partition coefficient (Wildman–Crippen LogP) is 2.89. The summed E-state index contributed by atoms with van der Waals surface area (Å²) >= 11 is 0. The summed E-state index contributed by atoms with van der Waals surface area (Å²) in [7, 11) is 2.05. The number of nitrogens with two attached hydrogens (primary N) is 1. The minimum absolute atomic E-state index is 0.142. The third-order valence-electron chi connectivity index (χ3n) is 3.49. The van der Waals surface area contributed by atoms with Crippen LogP contribution in [-0.4, -0.2) is 18.2 Å². The molecule has 0 heterocycles. The first kappa shape index (κ1) is 13.8. The summed E-state index contributed by atoms with van der Waals surface area (Å²) in [5.74, 6) is 0.843. The van der Waals surface area contributed by atoms with Gasteiger partial charge in [-0.05, 0) is 25.8 Å². The van der Waals surface area contributed by atoms with E-state index in [2.05, 4.69) is 25.7 Å². The van der Waals surface area contributed by atoms with Gasteiger partial charge in [0, 0.05) is 36.4 Å². The number of hydrogen-bond acceptors (Lipinski definition) is 3. The third kappa shape index (κ3) is 3.13. The first-order valence-electron chi connectivity index (χ1n) is 6.16. The van der Waals surface area contributed by atoms with E-state index in [4.69, 9.17) is 5.73 Å². The number of rotatable bonds is 4. The van der Waals surface area contributed by atoms with Crippen molar-refractivity contribution in [2.24, 2.45) is 11.7 Å². The van der Waals surface area contributed by atoms with Gasteiger partial charge >= 0.3 is 0 Å². The fourth-order valence-electron chi connectivity index (χ4n) is 1.82. The van der Waals surface area contributed by atoms with Gasteiger partial charge in [-0.2, -0.15) is 0 Å². The largest absolute Gasteiger partial charge is 0.508 e. The van der Waals surface area contributed by atoms with Gasteiger partial charge in [-0.25, -0.2) is 0 Å². The monoisotopic (exact) mass is 236 g/mol. The van der Waals surface area contributed by atoms with Gasteiger partial charge in [-0.1, -0.05) is 19.9 Å². The van der Waals surface area contributed by atoms with Gasteiger partial charge in [0.15, 0.2) is 0 Å². The molecule has 3 nitrogen and oxygen atoms in total. The first-order chi connectivity index (χ1) is 7.84. The van der Waals surface area contributed by atoms with Crippen LogP contribution >= 0.6 is 0 Å². The second-order valence-corrected chi connectivity index (χ2v) is 5.13. The molecule has 0 aromatic heterocycles. The van der Waals surface area contributed by atoms with Gasteiger partial charge in [-0.15, -0.1) is 0 Å². The SMILES string of the molecule is CC(N)c1ccc(N(C)C(C)C(C)C)cc1O. The Balaban J connectivity index is 2.97. The van der Waals surface area contributed by atoms with E-state index in [1.807, 2.05) is 26.1 Å². The van der Waals surface area contributed by atoms with Crippen LogP contribution in [0.1, 0.15) is 39.3 Å². The minimum atomic E-state index is -0.142. The summed E-state index contributed by atoms with van der Waals surface area (Å²) in [5.41, 5.74) is 7.59. The molecule has 96 valence electrons. The van der Waals surface area contributed by atoms with Gasteiger partial charge in [-0.3, -0.25) is 0 Å². The van der Waals surface area contributed by atoms with Crippen LogP contribution in [0.25, 0.3) is 0 Å². The van der Waals surface area contributed by atoms with Crippen LogP contribution in [0.2, 0.25) is 0 Å². The van der Waals surface area contributed by atoms with Crippen LogP contribution in [0.5, 0.6) is 5.75 Å². The number of phenols is 1. The summed E-state index contributed by atoms with van der Waals surface area (Å²) in [6.45, 7) is 8.44. The average molecular weight is 236 g/mol. The Hall–Kier alpha value is -1.22. The van der Waals surface area contributed by atoms with Crippen molar-refractivity contribution < 1.29 is 5.11 Å². The maximum absolute atomic E-state index is 9.92. The molecule has 0 spiro atoms. The first-order valence-corrected chi connectivity index (χ1v) is 6.16. The van der Waals surface area contributed by atoms with Crippen LogP contribution in [0, 0.1) is 5.92 Å². The molecule has 0 aliphatic rings. The Morgan fingerprint density at radius 1 is 1.18 bits per heavy atom. The highest BCUT2D eigenvalue weighted by atomic mass is 16.3. The lowest BCUT2D eigenvalue weighted by Crippen LogP contribution is -2.33. The summed E-state index contributed by atoms with van der Waals surface area (Å²) in [6, 6.07) is 5.99. The molecule has 0 saturated carbocycles. The van der Waals surface area contributed by atoms with Gasteiger partial charge < -0.3 is 15.7 Å². The van der Waals surface area contributed by atoms with Gasteiger partial charge in [0.1, 0.15) is 5.75 Å². The van der Waals surface area contributed by atoms with Crippen LogP contribution in [0.15, 0.2) is 18.2 Å². The molecule has 0 amide bonds. The van der Waals surface area contributed by atoms with E-state index >= 15 is 0 Å². The lowest BCUT2D eigenvalue weighted by atomic mass is 10.0. The third-order valence-corrected chi connectivity index (χ3v) is 3.49. The quantitative estimate of drug-likeness (QED) is 0.845. The topological polar surface area (TPSA) is 49.5 Å². The second kappa shape index (κ2) is 5.41. The molecular weight excluding hydrogens is 212 g/mol. The number of hydrogen-bond donors (Lipinski definition) is 2. The van der Waals surface area contributed by atoms with E-state index in [1.165, 1.54) is 0 Å². The van der Waals surface area contributed by atoms with E-state index in [1.54, 1.807) is 6.07 Å². The Labute approximate surface area is 104 Å². The Morgan fingerprint density at radius 3 is 2.18 bits per heavy atom. The van der Waals surface area contributed by atoms with Crippen molar-refractivity contribution in [2.75, 3.05) is 11.9 Å². The van der Waals surface area contributed by atoms with Crippen molar-refractivity contribution in [3.63, 3.8) is 0 Å². The normalized spacial score (nSPS) is 14.8. The Morgan fingerprint density at radius 2 is 1.76 bits per heavy atom. The van der Waals surface area contributed by atoms with E-state index in [0.717, 1.165) is 11.3 Å². The molecule has 0 fully saturated rings. The van der Waals surface area contributed by atoms with Crippen LogP contribution < -0.4 is 10.6 Å². The smallest absolute Gasteiger partial charge is 0.122 e. The number of phenolic OH excluding ortho intramolecular Hbond substituents is 1. The highest BCUT2D eigenvalue weighted by molar-refractivity contribution is 5.54. The molecule has 17 heavy (non-hydrogen) atoms. The summed E-state index contributed by atoms with van der Waals surface area (Å²) in [4.78, 5) is 2.18. The second-order valence-electron chi connectivity index (χ2n) is 5.13. The van der Waals surface area contributed by atoms with Crippen molar-refractivity contribution in [1.82, 2.24) is 0 Å². The van der Waals surface area contributed by atoms with Crippen LogP contribution in [0.4, 0.5) is 5.69 Å². The number of aromatic hydroxyl groups is 1. The molecule has 2 atom stereocenters. The van der Waals surface area contributed by atoms with E-state index < -0.39 is 0 Å². The maximum Gasteiger partial charge on any atom is 0.122 e. The van der Waals surface area contributed by atoms with Crippen molar-refractivity contribution >= 4 is 5.69 Å².